The Morgan fingerprint density at radius 3 is 2.50 bits per heavy atom. The summed E-state index contributed by atoms with van der Waals surface area (Å²) in [5.41, 5.74) is -1.91. The molecule has 2 fully saturated rings. The monoisotopic (exact) mass is 552 g/mol. The van der Waals surface area contributed by atoms with E-state index in [1.165, 1.54) is 4.90 Å². The molecule has 5 rings (SSSR count). The topological polar surface area (TPSA) is 106 Å². The van der Waals surface area contributed by atoms with Crippen LogP contribution in [0.25, 0.3) is 0 Å². The predicted molar refractivity (Wildman–Crippen MR) is 149 cm³/mol. The second-order valence-electron chi connectivity index (χ2n) is 11.5. The number of allylic oxidation sites excluding steroid dienone is 1. The fourth-order valence-corrected chi connectivity index (χ4v) is 6.90. The van der Waals surface area contributed by atoms with E-state index in [1.807, 2.05) is 38.2 Å². The van der Waals surface area contributed by atoms with E-state index in [0.29, 0.717) is 17.9 Å². The van der Waals surface area contributed by atoms with Gasteiger partial charge in [0.05, 0.1) is 37.9 Å². The van der Waals surface area contributed by atoms with Gasteiger partial charge in [0.1, 0.15) is 23.3 Å². The van der Waals surface area contributed by atoms with Gasteiger partial charge in [-0.25, -0.2) is 0 Å². The quantitative estimate of drug-likeness (QED) is 0.427. The van der Waals surface area contributed by atoms with Crippen molar-refractivity contribution < 1.29 is 33.7 Å². The number of anilines is 1. The van der Waals surface area contributed by atoms with Crippen LogP contribution in [0.5, 0.6) is 5.75 Å². The van der Waals surface area contributed by atoms with Crippen LogP contribution in [0.15, 0.2) is 48.6 Å². The van der Waals surface area contributed by atoms with E-state index in [0.717, 1.165) is 19.3 Å². The average Bonchev–Trinajstić information content (AvgIpc) is 3.28. The molecule has 40 heavy (non-hydrogen) atoms. The van der Waals surface area contributed by atoms with Crippen LogP contribution in [0.3, 0.4) is 0 Å². The Bertz CT molecular complexity index is 1200. The minimum absolute atomic E-state index is 0.0958. The third kappa shape index (κ3) is 4.43. The van der Waals surface area contributed by atoms with E-state index in [-0.39, 0.29) is 37.5 Å². The number of carbonyl (C=O) groups is 3. The number of amides is 2. The molecule has 0 aromatic heterocycles. The number of likely N-dealkylation sites (tertiary alicyclic amines) is 1. The molecular formula is C31H40N2O7. The Kier molecular flexibility index (Phi) is 7.81. The maximum Gasteiger partial charge on any atom is 0.313 e. The summed E-state index contributed by atoms with van der Waals surface area (Å²) in [6, 6.07) is 5.47. The van der Waals surface area contributed by atoms with E-state index >= 15 is 0 Å². The van der Waals surface area contributed by atoms with E-state index in [2.05, 4.69) is 0 Å². The summed E-state index contributed by atoms with van der Waals surface area (Å²) in [5, 5.41) is 10.5. The van der Waals surface area contributed by atoms with Crippen LogP contribution < -0.4 is 9.64 Å². The highest BCUT2D eigenvalue weighted by Crippen LogP contribution is 2.58. The lowest BCUT2D eigenvalue weighted by Crippen LogP contribution is -2.60. The summed E-state index contributed by atoms with van der Waals surface area (Å²) in [7, 11) is 1.58. The van der Waals surface area contributed by atoms with Crippen LogP contribution in [-0.4, -0.2) is 77.9 Å². The van der Waals surface area contributed by atoms with Crippen molar-refractivity contribution >= 4 is 23.5 Å². The van der Waals surface area contributed by atoms with E-state index < -0.39 is 41.1 Å². The number of carbonyl (C=O) groups excluding carboxylic acids is 3. The van der Waals surface area contributed by atoms with Crippen molar-refractivity contribution in [1.82, 2.24) is 4.90 Å². The van der Waals surface area contributed by atoms with Crippen molar-refractivity contribution in [2.75, 3.05) is 31.8 Å². The number of hydrogen-bond donors (Lipinski definition) is 1. The number of ether oxygens (including phenoxy) is 3. The molecule has 2 saturated heterocycles. The third-order valence-electron chi connectivity index (χ3n) is 9.17. The summed E-state index contributed by atoms with van der Waals surface area (Å²) in [5.74, 6) is -2.54. The maximum atomic E-state index is 14.6. The molecule has 0 bridgehead atoms. The van der Waals surface area contributed by atoms with Crippen LogP contribution in [0.1, 0.15) is 46.5 Å². The van der Waals surface area contributed by atoms with Gasteiger partial charge in [0.25, 0.3) is 5.91 Å². The number of fused-ring (bicyclic) bond motifs is 2. The molecule has 4 aliphatic heterocycles. The number of aliphatic hydroxyl groups is 1. The molecule has 0 saturated carbocycles. The van der Waals surface area contributed by atoms with Crippen LogP contribution in [0.4, 0.5) is 5.69 Å². The number of nitrogens with zero attached hydrogens (tertiary/aromatic N) is 2. The Labute approximate surface area is 235 Å². The van der Waals surface area contributed by atoms with Crippen molar-refractivity contribution in [3.63, 3.8) is 0 Å². The first kappa shape index (κ1) is 28.4. The minimum atomic E-state index is -1.41. The van der Waals surface area contributed by atoms with Gasteiger partial charge in [-0.2, -0.15) is 0 Å². The predicted octanol–water partition coefficient (Wildman–Crippen LogP) is 3.26. The number of aliphatic hydroxyl groups excluding tert-OH is 1. The second-order valence-corrected chi connectivity index (χ2v) is 11.5. The molecular weight excluding hydrogens is 512 g/mol. The lowest BCUT2D eigenvalue weighted by atomic mass is 9.74. The summed E-state index contributed by atoms with van der Waals surface area (Å²) in [6.07, 6.45) is 10.6. The van der Waals surface area contributed by atoms with Crippen LogP contribution in [0, 0.1) is 17.8 Å². The van der Waals surface area contributed by atoms with Gasteiger partial charge in [-0.1, -0.05) is 44.6 Å². The first-order chi connectivity index (χ1) is 19.2. The molecule has 1 spiro atoms. The van der Waals surface area contributed by atoms with Gasteiger partial charge in [-0.15, -0.1) is 0 Å². The number of hydrogen-bond acceptors (Lipinski definition) is 7. The zero-order valence-electron chi connectivity index (χ0n) is 23.7. The molecule has 0 radical (unpaired) electrons. The number of rotatable bonds is 6. The lowest BCUT2D eigenvalue weighted by Gasteiger charge is -2.41. The molecule has 216 valence electrons. The third-order valence-corrected chi connectivity index (χ3v) is 9.17. The maximum absolute atomic E-state index is 14.6. The van der Waals surface area contributed by atoms with Gasteiger partial charge in [0.15, 0.2) is 0 Å². The molecule has 1 unspecified atom stereocenters. The van der Waals surface area contributed by atoms with Gasteiger partial charge in [0, 0.05) is 12.2 Å². The zero-order valence-corrected chi connectivity index (χ0v) is 23.7. The largest absolute Gasteiger partial charge is 0.497 e. The van der Waals surface area contributed by atoms with Crippen LogP contribution >= 0.6 is 0 Å². The fourth-order valence-electron chi connectivity index (χ4n) is 6.90. The van der Waals surface area contributed by atoms with Gasteiger partial charge in [-0.3, -0.25) is 14.4 Å². The first-order valence-electron chi connectivity index (χ1n) is 14.3. The Balaban J connectivity index is 1.67. The average molecular weight is 553 g/mol. The smallest absolute Gasteiger partial charge is 0.313 e. The van der Waals surface area contributed by atoms with Gasteiger partial charge < -0.3 is 29.1 Å². The summed E-state index contributed by atoms with van der Waals surface area (Å²) in [4.78, 5) is 45.9. The van der Waals surface area contributed by atoms with Crippen molar-refractivity contribution in [2.24, 2.45) is 17.8 Å². The van der Waals surface area contributed by atoms with Crippen molar-refractivity contribution in [2.45, 2.75) is 69.7 Å². The number of cyclic esters (lactones) is 1. The number of esters is 1. The fraction of sp³-hybridized carbons (Fsp3) is 0.581. The van der Waals surface area contributed by atoms with Gasteiger partial charge >= 0.3 is 5.97 Å². The van der Waals surface area contributed by atoms with Gasteiger partial charge in [-0.05, 0) is 56.4 Å². The molecule has 1 N–H and O–H groups in total. The molecule has 9 nitrogen and oxygen atoms in total. The standard InChI is InChI=1S/C31H40N2O7/c1-5-20(2)23(19-34)33-26-28(36)32(21-11-13-22(38-4)14-12-21)17-10-16-31(26)24(27(33)35)25-29(37)39-18-9-7-6-8-15-30(25,3)40-31/h8,10-16,20,23-26,34H,5-7,9,17-19H2,1-4H3/b15-8-/t20-,23-,24-,25+,26?,30-,31-/m0/s1. The molecule has 1 aromatic rings. The molecule has 4 aliphatic rings. The number of benzene rings is 1. The SMILES string of the molecule is CC[C@H](C)[C@H](CO)N1C(=O)[C@@H]2[C@@H]3C(=O)OCCCC/C=C\[C@]3(C)O[C@@]23C=CCN(c2ccc(OC)cc2)C(=O)C13. The van der Waals surface area contributed by atoms with Crippen molar-refractivity contribution in [3.05, 3.63) is 48.6 Å². The molecule has 4 heterocycles. The Morgan fingerprint density at radius 1 is 1.07 bits per heavy atom. The molecule has 2 amide bonds. The molecule has 9 heteroatoms. The number of methoxy groups -OCH3 is 1. The molecule has 0 aliphatic carbocycles. The van der Waals surface area contributed by atoms with E-state index in [1.54, 1.807) is 43.2 Å². The summed E-state index contributed by atoms with van der Waals surface area (Å²) in [6.45, 7) is 5.97. The summed E-state index contributed by atoms with van der Waals surface area (Å²) >= 11 is 0. The minimum Gasteiger partial charge on any atom is -0.497 e. The molecule has 1 aromatic carbocycles. The Morgan fingerprint density at radius 2 is 1.82 bits per heavy atom. The second kappa shape index (κ2) is 11.0. The highest BCUT2D eigenvalue weighted by Gasteiger charge is 2.75. The van der Waals surface area contributed by atoms with Crippen LogP contribution in [0.2, 0.25) is 0 Å². The zero-order chi connectivity index (χ0) is 28.7. The molecule has 7 atom stereocenters. The van der Waals surface area contributed by atoms with Crippen molar-refractivity contribution in [1.29, 1.82) is 0 Å². The van der Waals surface area contributed by atoms with Crippen LogP contribution in [-0.2, 0) is 23.9 Å². The van der Waals surface area contributed by atoms with E-state index in [4.69, 9.17) is 14.2 Å². The Hall–Kier alpha value is -3.17. The van der Waals surface area contributed by atoms with Gasteiger partial charge in [0.2, 0.25) is 5.91 Å². The normalized spacial score (nSPS) is 34.3. The lowest BCUT2D eigenvalue weighted by molar-refractivity contribution is -0.160. The van der Waals surface area contributed by atoms with Crippen molar-refractivity contribution in [3.8, 4) is 5.75 Å². The summed E-state index contributed by atoms with van der Waals surface area (Å²) < 4.78 is 17.8. The highest BCUT2D eigenvalue weighted by molar-refractivity contribution is 6.05. The first-order valence-corrected chi connectivity index (χ1v) is 14.3. The van der Waals surface area contributed by atoms with E-state index in [9.17, 15) is 19.5 Å². The highest BCUT2D eigenvalue weighted by atomic mass is 16.6.